The third-order valence-corrected chi connectivity index (χ3v) is 25.0. The average Bonchev–Trinajstić information content (AvgIpc) is 1.18. The largest absolute Gasteiger partial charge is 0.363 e. The number of amides is 4. The van der Waals surface area contributed by atoms with Crippen LogP contribution in [0.4, 0.5) is 49.6 Å². The second-order valence-corrected chi connectivity index (χ2v) is 33.6. The topological polar surface area (TPSA) is 307 Å². The number of aryl methyl sites for hydroxylation is 5. The number of piperidine rings is 8. The number of carbonyl (C=O) groups excluding carboxylic acids is 4. The predicted octanol–water partition coefficient (Wildman–Crippen LogP) is 14.6. The fourth-order valence-corrected chi connectivity index (χ4v) is 19.3. The van der Waals surface area contributed by atoms with E-state index in [0.717, 1.165) is 110 Å². The molecule has 12 atom stereocenters. The smallest absolute Gasteiger partial charge is 0.256 e. The molecule has 0 radical (unpaired) electrons. The first-order valence-corrected chi connectivity index (χ1v) is 42.3. The number of aromatic nitrogens is 15. The molecule has 3 aromatic carbocycles. The Morgan fingerprint density at radius 3 is 1.10 bits per heavy atom. The van der Waals surface area contributed by atoms with E-state index < -0.39 is 23.3 Å². The Labute approximate surface area is 717 Å². The molecule has 8 aliphatic heterocycles. The molecule has 4 N–H and O–H groups in total. The molecular formula is C92H93F6N23O4. The first-order valence-electron chi connectivity index (χ1n) is 42.3. The lowest BCUT2D eigenvalue weighted by atomic mass is 9.76. The van der Waals surface area contributed by atoms with Crippen molar-refractivity contribution in [2.75, 3.05) is 47.4 Å². The first-order chi connectivity index (χ1) is 60.6. The lowest BCUT2D eigenvalue weighted by Gasteiger charge is -2.50. The number of fused-ring (bicyclic) bond motifs is 12. The van der Waals surface area contributed by atoms with Gasteiger partial charge in [-0.2, -0.15) is 25.2 Å². The molecule has 642 valence electrons. The van der Waals surface area contributed by atoms with E-state index in [1.165, 1.54) is 78.1 Å². The zero-order chi connectivity index (χ0) is 86.7. The van der Waals surface area contributed by atoms with E-state index in [2.05, 4.69) is 86.5 Å². The SMILES string of the molecule is Cc1cnc(NC2CC3CCC2N(C(=O)c2ccc(C)nc2-c2ncccn2)C3)c(F)c1.Cc1cnc(NC2CC3CCC2N(C(=O)c2cccc(F)c2-c2ncccn2)C3)c(F)c1.Cc1cnc(NC2CC3CCC2N(C(=O)c2cccc(F)c2-n2nccn2)C3)c(F)c1.Cc1cnc(NC2CC3CCC2N(C(=O)c2ccccc2-n2nccn2)C3)c(F)c1. The number of halogens is 6. The highest BCUT2D eigenvalue weighted by Crippen LogP contribution is 2.44. The first kappa shape index (κ1) is 83.8. The summed E-state index contributed by atoms with van der Waals surface area (Å²) < 4.78 is 86.9. The van der Waals surface area contributed by atoms with Crippen molar-refractivity contribution in [2.24, 2.45) is 23.7 Å². The molecule has 4 amide bonds. The monoisotopic (exact) mass is 1700 g/mol. The maximum Gasteiger partial charge on any atom is 0.256 e. The van der Waals surface area contributed by atoms with Crippen LogP contribution in [0.25, 0.3) is 34.3 Å². The Morgan fingerprint density at radius 1 is 0.336 bits per heavy atom. The van der Waals surface area contributed by atoms with Crippen LogP contribution in [0.5, 0.6) is 0 Å². The van der Waals surface area contributed by atoms with Crippen molar-refractivity contribution in [3.8, 4) is 34.3 Å². The molecule has 24 rings (SSSR count). The van der Waals surface area contributed by atoms with Gasteiger partial charge in [0.25, 0.3) is 23.6 Å². The lowest BCUT2D eigenvalue weighted by Crippen LogP contribution is -2.60. The zero-order valence-corrected chi connectivity index (χ0v) is 69.5. The lowest BCUT2D eigenvalue weighted by molar-refractivity contribution is 0.0277. The third kappa shape index (κ3) is 18.0. The van der Waals surface area contributed by atoms with Crippen molar-refractivity contribution in [3.63, 3.8) is 0 Å². The minimum absolute atomic E-state index is 0.0105. The van der Waals surface area contributed by atoms with E-state index in [4.69, 9.17) is 0 Å². The molecular weight excluding hydrogens is 1610 g/mol. The molecule has 12 fully saturated rings. The molecule has 8 bridgehead atoms. The summed E-state index contributed by atoms with van der Waals surface area (Å²) in [7, 11) is 0. The van der Waals surface area contributed by atoms with Gasteiger partial charge < -0.3 is 40.9 Å². The summed E-state index contributed by atoms with van der Waals surface area (Å²) in [4.78, 5) is 103. The van der Waals surface area contributed by atoms with Gasteiger partial charge in [0.1, 0.15) is 17.2 Å². The van der Waals surface area contributed by atoms with Crippen LogP contribution in [0.3, 0.4) is 0 Å². The number of hydrogen-bond acceptors (Lipinski definition) is 21. The van der Waals surface area contributed by atoms with E-state index in [-0.39, 0.29) is 135 Å². The molecule has 12 aliphatic rings. The van der Waals surface area contributed by atoms with Gasteiger partial charge in [-0.25, -0.2) is 71.2 Å². The standard InChI is InChI=1S/C24H23F2N5O.C24H25FN6O.C22H22F2N6O.C22H23FN6O/c1-14-10-18(26)22(29-12-14)30-19-11-15-6-7-20(19)31(13-15)24(32)16-4-2-5-17(25)21(16)23-27-8-3-9-28-23;1-14-10-18(25)22(28-12-14)30-19-11-16-5-7-20(19)31(13-16)24(32)17-6-4-15(2)29-21(17)23-26-8-3-9-27-23;1-13-9-17(24)21(25-11-13)28-18-10-14-5-6-19(18)29(12-14)22(31)15-3-2-4-16(23)20(15)30-26-7-8-27-30;1-14-10-17(23)21(24-12-14)27-18-11-15-6-7-20(18)28(13-15)22(30)16-4-2-3-5-19(16)29-25-8-9-26-29/h2-5,8-10,12,15,19-20H,6-7,11,13H2,1H3,(H,29,30);3-4,6,8-10,12,16,19-20H,5,7,11,13H2,1-2H3,(H,28,30);2-4,7-9,11,14,18-19H,5-6,10,12H2,1H3,(H,25,28);2-5,8-10,12,15,18,20H,6-7,11,13H2,1H3,(H,24,27). The summed E-state index contributed by atoms with van der Waals surface area (Å²) >= 11 is 0. The van der Waals surface area contributed by atoms with E-state index in [1.807, 2.05) is 67.0 Å². The fourth-order valence-electron chi connectivity index (χ4n) is 19.3. The van der Waals surface area contributed by atoms with Gasteiger partial charge in [-0.3, -0.25) is 19.2 Å². The molecule has 17 heterocycles. The maximum absolute atomic E-state index is 14.8. The minimum atomic E-state index is -0.565. The number of rotatable bonds is 16. The van der Waals surface area contributed by atoms with E-state index in [9.17, 15) is 45.5 Å². The van der Waals surface area contributed by atoms with Gasteiger partial charge in [-0.1, -0.05) is 24.3 Å². The molecule has 4 saturated carbocycles. The fraction of sp³-hybridized carbons (Fsp3) is 0.359. The third-order valence-electron chi connectivity index (χ3n) is 25.0. The molecule has 27 nitrogen and oxygen atoms in total. The van der Waals surface area contributed by atoms with Crippen molar-refractivity contribution >= 4 is 46.9 Å². The number of nitrogens with one attached hydrogen (secondary N) is 4. The number of hydrogen-bond donors (Lipinski definition) is 4. The van der Waals surface area contributed by atoms with Gasteiger partial charge in [0.15, 0.2) is 64.0 Å². The number of pyridine rings is 5. The van der Waals surface area contributed by atoms with Crippen LogP contribution < -0.4 is 21.3 Å². The van der Waals surface area contributed by atoms with Crippen LogP contribution in [0, 0.1) is 93.2 Å². The molecule has 12 unspecified atom stereocenters. The van der Waals surface area contributed by atoms with Crippen LogP contribution in [-0.2, 0) is 0 Å². The Kier molecular flexibility index (Phi) is 24.5. The number of para-hydroxylation sites is 2. The van der Waals surface area contributed by atoms with E-state index in [0.29, 0.717) is 78.2 Å². The molecule has 125 heavy (non-hydrogen) atoms. The Balaban J connectivity index is 0.000000118. The van der Waals surface area contributed by atoms with Gasteiger partial charge in [-0.05, 0) is 243 Å². The van der Waals surface area contributed by atoms with Gasteiger partial charge >= 0.3 is 0 Å². The summed E-state index contributed by atoms with van der Waals surface area (Å²) in [5.74, 6) is -0.446. The number of benzene rings is 3. The summed E-state index contributed by atoms with van der Waals surface area (Å²) in [5.41, 5.74) is 6.65. The van der Waals surface area contributed by atoms with Gasteiger partial charge in [-0.15, -0.1) is 4.80 Å². The van der Waals surface area contributed by atoms with Gasteiger partial charge in [0, 0.05) is 106 Å². The molecule has 0 spiro atoms. The quantitative estimate of drug-likeness (QED) is 0.0653. The van der Waals surface area contributed by atoms with Crippen molar-refractivity contribution in [3.05, 3.63) is 269 Å². The predicted molar refractivity (Wildman–Crippen MR) is 454 cm³/mol. The highest BCUT2D eigenvalue weighted by molar-refractivity contribution is 6.02. The number of anilines is 4. The zero-order valence-electron chi connectivity index (χ0n) is 69.5. The molecule has 9 aromatic heterocycles. The molecule has 33 heteroatoms. The van der Waals surface area contributed by atoms with Crippen molar-refractivity contribution < 1.29 is 45.5 Å². The normalized spacial score (nSPS) is 22.4. The summed E-state index contributed by atoms with van der Waals surface area (Å²) in [6, 6.07) is 28.4. The summed E-state index contributed by atoms with van der Waals surface area (Å²) in [5, 5.41) is 29.4. The molecule has 4 aliphatic carbocycles. The van der Waals surface area contributed by atoms with Crippen molar-refractivity contribution in [1.29, 1.82) is 0 Å². The Hall–Kier alpha value is -13.5. The summed E-state index contributed by atoms with van der Waals surface area (Å²) in [6.07, 6.45) is 29.9. The van der Waals surface area contributed by atoms with Crippen molar-refractivity contribution in [2.45, 2.75) is 160 Å². The average molecular weight is 1700 g/mol. The molecule has 8 saturated heterocycles. The van der Waals surface area contributed by atoms with E-state index in [1.54, 1.807) is 97.5 Å². The Bertz CT molecular complexity index is 5930. The van der Waals surface area contributed by atoms with Crippen LogP contribution >= 0.6 is 0 Å². The van der Waals surface area contributed by atoms with Crippen molar-refractivity contribution in [1.82, 2.24) is 94.4 Å². The Morgan fingerprint density at radius 2 is 0.688 bits per heavy atom. The van der Waals surface area contributed by atoms with Crippen LogP contribution in [0.1, 0.15) is 146 Å². The van der Waals surface area contributed by atoms with Gasteiger partial charge in [0.2, 0.25) is 0 Å². The number of carbonyl (C=O) groups is 4. The van der Waals surface area contributed by atoms with Crippen LogP contribution in [0.15, 0.2) is 184 Å². The maximum atomic E-state index is 14.8. The minimum Gasteiger partial charge on any atom is -0.363 e. The van der Waals surface area contributed by atoms with Crippen LogP contribution in [0.2, 0.25) is 0 Å². The second kappa shape index (κ2) is 36.5. The number of nitrogens with zero attached hydrogens (tertiary/aromatic N) is 19. The highest BCUT2D eigenvalue weighted by Gasteiger charge is 2.49. The van der Waals surface area contributed by atoms with E-state index >= 15 is 0 Å². The second-order valence-electron chi connectivity index (χ2n) is 33.6. The summed E-state index contributed by atoms with van der Waals surface area (Å²) in [6.45, 7) is 11.7. The highest BCUT2D eigenvalue weighted by atomic mass is 19.1. The van der Waals surface area contributed by atoms with Crippen LogP contribution in [-0.4, -0.2) is 193 Å². The van der Waals surface area contributed by atoms with Gasteiger partial charge in [0.05, 0.1) is 82.5 Å². The molecule has 12 aromatic rings.